The van der Waals surface area contributed by atoms with E-state index in [1.165, 1.54) is 86.2 Å². The molecule has 1 heterocycles. The Hall–Kier alpha value is -7.00. The Morgan fingerprint density at radius 2 is 1.17 bits per heavy atom. The fourth-order valence-electron chi connectivity index (χ4n) is 10.2. The second-order valence-electron chi connectivity index (χ2n) is 15.9. The Morgan fingerprint density at radius 1 is 0.475 bits per heavy atom. The highest BCUT2D eigenvalue weighted by atomic mass is 32.1. The van der Waals surface area contributed by atoms with Gasteiger partial charge in [-0.15, -0.1) is 11.3 Å². The van der Waals surface area contributed by atoms with Crippen LogP contribution in [0.25, 0.3) is 64.0 Å². The topological polar surface area (TPSA) is 3.24 Å². The van der Waals surface area contributed by atoms with Crippen LogP contribution in [0.3, 0.4) is 0 Å². The maximum atomic E-state index is 2.44. The van der Waals surface area contributed by atoms with Crippen LogP contribution in [0, 0.1) is 0 Å². The van der Waals surface area contributed by atoms with E-state index < -0.39 is 5.41 Å². The lowest BCUT2D eigenvalue weighted by Crippen LogP contribution is -2.30. The second kappa shape index (κ2) is 13.6. The molecule has 2 aliphatic rings. The first-order chi connectivity index (χ1) is 29.3. The van der Waals surface area contributed by atoms with Crippen LogP contribution in [0.1, 0.15) is 29.5 Å². The van der Waals surface area contributed by atoms with Gasteiger partial charge < -0.3 is 4.90 Å². The van der Waals surface area contributed by atoms with Crippen LogP contribution in [0.4, 0.5) is 17.1 Å². The predicted octanol–water partition coefficient (Wildman–Crippen LogP) is 16.1. The summed E-state index contributed by atoms with van der Waals surface area (Å²) >= 11 is 1.86. The van der Waals surface area contributed by atoms with Gasteiger partial charge in [0.1, 0.15) is 0 Å². The highest BCUT2D eigenvalue weighted by Crippen LogP contribution is 2.61. The van der Waals surface area contributed by atoms with Gasteiger partial charge in [-0.3, -0.25) is 0 Å². The number of allylic oxidation sites excluding steroid dienone is 4. The molecular weight excluding hydrogens is 731 g/mol. The van der Waals surface area contributed by atoms with E-state index in [-0.39, 0.29) is 0 Å². The normalized spacial score (nSPS) is 15.8. The molecule has 1 nitrogen and oxygen atoms in total. The van der Waals surface area contributed by atoms with Gasteiger partial charge in [-0.2, -0.15) is 0 Å². The van der Waals surface area contributed by atoms with Crippen LogP contribution in [0.5, 0.6) is 0 Å². The largest absolute Gasteiger partial charge is 0.310 e. The molecule has 0 spiro atoms. The van der Waals surface area contributed by atoms with E-state index in [4.69, 9.17) is 0 Å². The zero-order valence-corrected chi connectivity index (χ0v) is 33.3. The molecule has 10 aromatic rings. The van der Waals surface area contributed by atoms with Crippen LogP contribution in [0.2, 0.25) is 0 Å². The summed E-state index contributed by atoms with van der Waals surface area (Å²) in [5.74, 6) is 0. The van der Waals surface area contributed by atoms with Crippen molar-refractivity contribution in [1.82, 2.24) is 0 Å². The number of benzene rings is 9. The molecule has 59 heavy (non-hydrogen) atoms. The summed E-state index contributed by atoms with van der Waals surface area (Å²) in [6.07, 6.45) is 9.05. The third-order valence-corrected chi connectivity index (χ3v) is 13.9. The molecule has 0 saturated heterocycles. The van der Waals surface area contributed by atoms with Crippen molar-refractivity contribution in [2.24, 2.45) is 0 Å². The minimum absolute atomic E-state index is 0.404. The third-order valence-electron chi connectivity index (χ3n) is 12.8. The van der Waals surface area contributed by atoms with Gasteiger partial charge in [0.25, 0.3) is 0 Å². The molecular formula is C57H39NS. The number of hydrogen-bond donors (Lipinski definition) is 0. The first-order valence-electron chi connectivity index (χ1n) is 20.6. The average Bonchev–Trinajstić information content (AvgIpc) is 3.84. The van der Waals surface area contributed by atoms with Crippen LogP contribution in [0.15, 0.2) is 218 Å². The highest BCUT2D eigenvalue weighted by molar-refractivity contribution is 7.25. The van der Waals surface area contributed by atoms with Gasteiger partial charge in [0.2, 0.25) is 0 Å². The fourth-order valence-corrected chi connectivity index (χ4v) is 11.3. The minimum Gasteiger partial charge on any atom is -0.310 e. The average molecular weight is 770 g/mol. The maximum absolute atomic E-state index is 2.44. The molecule has 12 rings (SSSR count). The molecule has 0 radical (unpaired) electrons. The molecule has 278 valence electrons. The number of anilines is 3. The first-order valence-corrected chi connectivity index (χ1v) is 21.5. The summed E-state index contributed by atoms with van der Waals surface area (Å²) in [6.45, 7) is 0. The Labute approximate surface area is 348 Å². The van der Waals surface area contributed by atoms with Gasteiger partial charge in [0.15, 0.2) is 0 Å². The van der Waals surface area contributed by atoms with E-state index in [2.05, 4.69) is 217 Å². The van der Waals surface area contributed by atoms with Crippen molar-refractivity contribution in [3.05, 3.63) is 235 Å². The Kier molecular flexibility index (Phi) is 7.83. The standard InChI is InChI=1S/C57H39NS/c1-4-17-42(18-5-1)57(43-19-6-2-7-20-43)52-26-14-12-25-49(52)55-50(36-40-16-10-11-23-47(40)56(55)57)41-29-28-39-35-45(31-30-38(39)34-41)58(44-21-8-3-9-22-44)46-32-33-54-51(37-46)48-24-13-15-27-53(48)59-54/h1-6,8-19,21-37H,7,20H2. The number of rotatable bonds is 6. The number of thiophene rings is 1. The summed E-state index contributed by atoms with van der Waals surface area (Å²) in [7, 11) is 0. The molecule has 0 saturated carbocycles. The van der Waals surface area contributed by atoms with E-state index in [1.807, 2.05) is 11.3 Å². The van der Waals surface area contributed by atoms with Crippen LogP contribution >= 0.6 is 11.3 Å². The highest BCUT2D eigenvalue weighted by Gasteiger charge is 2.49. The van der Waals surface area contributed by atoms with Gasteiger partial charge in [0, 0.05) is 37.2 Å². The predicted molar refractivity (Wildman–Crippen MR) is 253 cm³/mol. The van der Waals surface area contributed by atoms with Gasteiger partial charge in [0.05, 0.1) is 5.41 Å². The maximum Gasteiger partial charge on any atom is 0.0682 e. The van der Waals surface area contributed by atoms with Crippen molar-refractivity contribution in [2.45, 2.75) is 18.3 Å². The molecule has 0 fully saturated rings. The molecule has 0 bridgehead atoms. The summed E-state index contributed by atoms with van der Waals surface area (Å²) in [4.78, 5) is 2.39. The zero-order chi connectivity index (χ0) is 38.9. The Balaban J connectivity index is 1.05. The Bertz CT molecular complexity index is 3330. The molecule has 9 aromatic carbocycles. The van der Waals surface area contributed by atoms with Crippen molar-refractivity contribution in [1.29, 1.82) is 0 Å². The molecule has 0 aliphatic heterocycles. The van der Waals surface area contributed by atoms with Crippen LogP contribution in [-0.4, -0.2) is 0 Å². The molecule has 2 aliphatic carbocycles. The van der Waals surface area contributed by atoms with Crippen molar-refractivity contribution in [2.75, 3.05) is 4.90 Å². The molecule has 2 heteroatoms. The summed E-state index contributed by atoms with van der Waals surface area (Å²) in [5, 5.41) is 7.63. The number of nitrogens with zero attached hydrogens (tertiary/aromatic N) is 1. The van der Waals surface area contributed by atoms with E-state index in [9.17, 15) is 0 Å². The lowest BCUT2D eigenvalue weighted by Gasteiger charge is -2.37. The van der Waals surface area contributed by atoms with Gasteiger partial charge in [-0.1, -0.05) is 157 Å². The lowest BCUT2D eigenvalue weighted by atomic mass is 9.64. The molecule has 1 unspecified atom stereocenters. The smallest absolute Gasteiger partial charge is 0.0682 e. The van der Waals surface area contributed by atoms with Crippen LogP contribution in [-0.2, 0) is 5.41 Å². The summed E-state index contributed by atoms with van der Waals surface area (Å²) in [5.41, 5.74) is 13.8. The van der Waals surface area contributed by atoms with Gasteiger partial charge in [-0.25, -0.2) is 0 Å². The van der Waals surface area contributed by atoms with Crippen molar-refractivity contribution in [3.63, 3.8) is 0 Å². The van der Waals surface area contributed by atoms with Crippen molar-refractivity contribution >= 4 is 70.1 Å². The van der Waals surface area contributed by atoms with E-state index in [0.717, 1.165) is 29.9 Å². The monoisotopic (exact) mass is 769 g/mol. The zero-order valence-electron chi connectivity index (χ0n) is 32.5. The first kappa shape index (κ1) is 34.1. The molecule has 0 N–H and O–H groups in total. The minimum atomic E-state index is -0.404. The molecule has 0 amide bonds. The number of para-hydroxylation sites is 1. The Morgan fingerprint density at radius 3 is 2.03 bits per heavy atom. The SMILES string of the molecule is C1=CCCC(C2(c3ccccc3)c3ccccc3-c3c(-c4ccc5cc(N(c6ccccc6)c6ccc7sc8ccccc8c7c6)ccc5c4)cc4ccccc4c32)=C1. The van der Waals surface area contributed by atoms with Crippen molar-refractivity contribution in [3.8, 4) is 22.3 Å². The van der Waals surface area contributed by atoms with E-state index >= 15 is 0 Å². The van der Waals surface area contributed by atoms with E-state index in [0.29, 0.717) is 0 Å². The summed E-state index contributed by atoms with van der Waals surface area (Å²) < 4.78 is 2.63. The van der Waals surface area contributed by atoms with Gasteiger partial charge >= 0.3 is 0 Å². The lowest BCUT2D eigenvalue weighted by molar-refractivity contribution is 0.697. The van der Waals surface area contributed by atoms with Crippen molar-refractivity contribution < 1.29 is 0 Å². The number of hydrogen-bond acceptors (Lipinski definition) is 2. The second-order valence-corrected chi connectivity index (χ2v) is 17.0. The quantitative estimate of drug-likeness (QED) is 0.163. The number of fused-ring (bicyclic) bond motifs is 9. The summed E-state index contributed by atoms with van der Waals surface area (Å²) in [6, 6.07) is 72.4. The van der Waals surface area contributed by atoms with Gasteiger partial charge in [-0.05, 0) is 134 Å². The fraction of sp³-hybridized carbons (Fsp3) is 0.0526. The van der Waals surface area contributed by atoms with E-state index in [1.54, 1.807) is 0 Å². The van der Waals surface area contributed by atoms with Crippen LogP contribution < -0.4 is 4.90 Å². The molecule has 1 atom stereocenters. The third kappa shape index (κ3) is 5.23. The molecule has 1 aromatic heterocycles.